The van der Waals surface area contributed by atoms with Gasteiger partial charge in [0.25, 0.3) is 0 Å². The normalized spacial score (nSPS) is 12.7. The molecule has 0 aromatic carbocycles. The maximum Gasteiger partial charge on any atom is 0.115 e. The highest BCUT2D eigenvalue weighted by molar-refractivity contribution is 5.27. The van der Waals surface area contributed by atoms with Gasteiger partial charge in [0.1, 0.15) is 6.33 Å². The molecule has 0 fully saturated rings. The monoisotopic (exact) mass is 231 g/mol. The summed E-state index contributed by atoms with van der Waals surface area (Å²) in [5.41, 5.74) is 10.5. The molecule has 17 heavy (non-hydrogen) atoms. The smallest absolute Gasteiger partial charge is 0.115 e. The molecule has 0 saturated carbocycles. The van der Waals surface area contributed by atoms with E-state index >= 15 is 0 Å². The molecule has 0 saturated heterocycles. The van der Waals surface area contributed by atoms with E-state index in [1.807, 2.05) is 18.7 Å². The first-order valence-corrected chi connectivity index (χ1v) is 5.59. The van der Waals surface area contributed by atoms with Gasteiger partial charge < -0.3 is 5.73 Å². The van der Waals surface area contributed by atoms with Crippen LogP contribution < -0.4 is 5.73 Å². The van der Waals surface area contributed by atoms with E-state index in [4.69, 9.17) is 5.73 Å². The van der Waals surface area contributed by atoms with Crippen molar-refractivity contribution in [1.29, 1.82) is 0 Å². The van der Waals surface area contributed by atoms with Crippen LogP contribution >= 0.6 is 0 Å². The summed E-state index contributed by atoms with van der Waals surface area (Å²) in [5.74, 6) is 0. The van der Waals surface area contributed by atoms with E-state index in [2.05, 4.69) is 22.0 Å². The number of aryl methyl sites for hydroxylation is 2. The third-order valence-electron chi connectivity index (χ3n) is 3.09. The Morgan fingerprint density at radius 1 is 1.29 bits per heavy atom. The Labute approximate surface area is 101 Å². The summed E-state index contributed by atoms with van der Waals surface area (Å²) in [6, 6.07) is -0.0854. The molecule has 90 valence electrons. The highest BCUT2D eigenvalue weighted by atomic mass is 15.3. The van der Waals surface area contributed by atoms with Gasteiger partial charge in [-0.05, 0) is 25.8 Å². The third-order valence-corrected chi connectivity index (χ3v) is 3.09. The molecule has 2 heterocycles. The summed E-state index contributed by atoms with van der Waals surface area (Å²) < 4.78 is 1.89. The van der Waals surface area contributed by atoms with Gasteiger partial charge >= 0.3 is 0 Å². The van der Waals surface area contributed by atoms with Crippen LogP contribution in [0.1, 0.15) is 28.6 Å². The molecule has 2 N–H and O–H groups in total. The Balaban J connectivity index is 2.22. The lowest BCUT2D eigenvalue weighted by Crippen LogP contribution is -2.14. The molecule has 5 heteroatoms. The average molecular weight is 231 g/mol. The van der Waals surface area contributed by atoms with Crippen LogP contribution in [-0.4, -0.2) is 19.7 Å². The van der Waals surface area contributed by atoms with Gasteiger partial charge in [0.15, 0.2) is 0 Å². The lowest BCUT2D eigenvalue weighted by atomic mass is 10.0. The van der Waals surface area contributed by atoms with E-state index in [0.717, 1.165) is 23.4 Å². The first kappa shape index (κ1) is 11.7. The largest absolute Gasteiger partial charge is 0.324 e. The second-order valence-corrected chi connectivity index (χ2v) is 4.26. The van der Waals surface area contributed by atoms with E-state index < -0.39 is 0 Å². The van der Waals surface area contributed by atoms with Crippen molar-refractivity contribution in [3.05, 3.63) is 41.2 Å². The van der Waals surface area contributed by atoms with Crippen molar-refractivity contribution in [2.45, 2.75) is 26.3 Å². The van der Waals surface area contributed by atoms with Crippen LogP contribution in [0.25, 0.3) is 0 Å². The Hall–Kier alpha value is -1.75. The fraction of sp³-hybridized carbons (Fsp3) is 0.417. The summed E-state index contributed by atoms with van der Waals surface area (Å²) >= 11 is 0. The van der Waals surface area contributed by atoms with Gasteiger partial charge in [-0.2, -0.15) is 5.10 Å². The first-order valence-electron chi connectivity index (χ1n) is 5.59. The van der Waals surface area contributed by atoms with E-state index in [0.29, 0.717) is 0 Å². The van der Waals surface area contributed by atoms with Crippen molar-refractivity contribution in [3.63, 3.8) is 0 Å². The molecule has 0 radical (unpaired) electrons. The minimum Gasteiger partial charge on any atom is -0.324 e. The molecule has 0 aliphatic rings. The predicted molar refractivity (Wildman–Crippen MR) is 65.3 cm³/mol. The summed E-state index contributed by atoms with van der Waals surface area (Å²) in [6.45, 7) is 4.07. The minimum absolute atomic E-state index is 0.0854. The van der Waals surface area contributed by atoms with E-state index in [1.54, 1.807) is 12.4 Å². The quantitative estimate of drug-likeness (QED) is 0.857. The molecule has 1 atom stereocenters. The van der Waals surface area contributed by atoms with Crippen LogP contribution in [0.4, 0.5) is 0 Å². The van der Waals surface area contributed by atoms with Crippen LogP contribution in [-0.2, 0) is 13.5 Å². The fourth-order valence-corrected chi connectivity index (χ4v) is 1.95. The molecule has 2 aromatic rings. The molecular formula is C12H17N5. The number of hydrogen-bond donors (Lipinski definition) is 1. The van der Waals surface area contributed by atoms with Crippen LogP contribution in [0.5, 0.6) is 0 Å². The van der Waals surface area contributed by atoms with Gasteiger partial charge in [0.05, 0.1) is 5.69 Å². The van der Waals surface area contributed by atoms with Gasteiger partial charge in [0, 0.05) is 36.7 Å². The molecule has 0 aliphatic carbocycles. The zero-order chi connectivity index (χ0) is 12.4. The van der Waals surface area contributed by atoms with Crippen LogP contribution in [0.3, 0.4) is 0 Å². The Bertz CT molecular complexity index is 503. The maximum absolute atomic E-state index is 6.16. The second kappa shape index (κ2) is 4.63. The van der Waals surface area contributed by atoms with Gasteiger partial charge in [-0.3, -0.25) is 4.68 Å². The van der Waals surface area contributed by atoms with Crippen LogP contribution in [0.15, 0.2) is 18.7 Å². The van der Waals surface area contributed by atoms with E-state index in [9.17, 15) is 0 Å². The first-order chi connectivity index (χ1) is 8.09. The average Bonchev–Trinajstić information content (AvgIpc) is 2.57. The molecule has 0 amide bonds. The molecular weight excluding hydrogens is 214 g/mol. The summed E-state index contributed by atoms with van der Waals surface area (Å²) in [4.78, 5) is 7.97. The molecule has 0 bridgehead atoms. The molecule has 2 rings (SSSR count). The van der Waals surface area contributed by atoms with Gasteiger partial charge in [0.2, 0.25) is 0 Å². The van der Waals surface area contributed by atoms with Crippen LogP contribution in [0.2, 0.25) is 0 Å². The van der Waals surface area contributed by atoms with Crippen molar-refractivity contribution < 1.29 is 0 Å². The Morgan fingerprint density at radius 3 is 2.47 bits per heavy atom. The SMILES string of the molecule is Cc1nn(C)c(C)c1CC(N)c1cncnc1. The molecule has 0 aliphatic heterocycles. The van der Waals surface area contributed by atoms with Gasteiger partial charge in [-0.1, -0.05) is 0 Å². The third kappa shape index (κ3) is 2.34. The number of aromatic nitrogens is 4. The van der Waals surface area contributed by atoms with E-state index in [-0.39, 0.29) is 6.04 Å². The van der Waals surface area contributed by atoms with Crippen molar-refractivity contribution in [2.24, 2.45) is 12.8 Å². The van der Waals surface area contributed by atoms with Crippen molar-refractivity contribution in [1.82, 2.24) is 19.7 Å². The number of nitrogens with zero attached hydrogens (tertiary/aromatic N) is 4. The fourth-order valence-electron chi connectivity index (χ4n) is 1.95. The maximum atomic E-state index is 6.16. The van der Waals surface area contributed by atoms with E-state index in [1.165, 1.54) is 11.9 Å². The topological polar surface area (TPSA) is 69.6 Å². The van der Waals surface area contributed by atoms with Gasteiger partial charge in [-0.25, -0.2) is 9.97 Å². The Morgan fingerprint density at radius 2 is 1.94 bits per heavy atom. The zero-order valence-electron chi connectivity index (χ0n) is 10.4. The van der Waals surface area contributed by atoms with Crippen LogP contribution in [0, 0.1) is 13.8 Å². The summed E-state index contributed by atoms with van der Waals surface area (Å²) in [5, 5.41) is 4.39. The molecule has 2 aromatic heterocycles. The molecule has 1 unspecified atom stereocenters. The minimum atomic E-state index is -0.0854. The van der Waals surface area contributed by atoms with Gasteiger partial charge in [-0.15, -0.1) is 0 Å². The molecule has 5 nitrogen and oxygen atoms in total. The lowest BCUT2D eigenvalue weighted by molar-refractivity contribution is 0.700. The standard InChI is InChI=1S/C12H17N5/c1-8-11(9(2)17(3)16-8)4-12(13)10-5-14-7-15-6-10/h5-7,12H,4,13H2,1-3H3. The zero-order valence-corrected chi connectivity index (χ0v) is 10.4. The number of nitrogens with two attached hydrogens (primary N) is 1. The highest BCUT2D eigenvalue weighted by Crippen LogP contribution is 2.19. The highest BCUT2D eigenvalue weighted by Gasteiger charge is 2.14. The summed E-state index contributed by atoms with van der Waals surface area (Å²) in [6.07, 6.45) is 5.80. The molecule has 0 spiro atoms. The number of rotatable bonds is 3. The number of hydrogen-bond acceptors (Lipinski definition) is 4. The van der Waals surface area contributed by atoms with Crippen molar-refractivity contribution >= 4 is 0 Å². The Kier molecular flexibility index (Phi) is 3.19. The lowest BCUT2D eigenvalue weighted by Gasteiger charge is -2.11. The van der Waals surface area contributed by atoms with Crippen molar-refractivity contribution in [2.75, 3.05) is 0 Å². The predicted octanol–water partition coefficient (Wildman–Crippen LogP) is 1.07. The second-order valence-electron chi connectivity index (χ2n) is 4.26. The van der Waals surface area contributed by atoms with Crippen molar-refractivity contribution in [3.8, 4) is 0 Å². The summed E-state index contributed by atoms with van der Waals surface area (Å²) in [7, 11) is 1.95.